The second-order valence-electron chi connectivity index (χ2n) is 6.10. The number of fused-ring (bicyclic) bond motifs is 1. The zero-order chi connectivity index (χ0) is 16.5. The molecule has 1 N–H and O–H groups in total. The van der Waals surface area contributed by atoms with Crippen LogP contribution in [0.15, 0.2) is 40.8 Å². The Labute approximate surface area is 140 Å². The summed E-state index contributed by atoms with van der Waals surface area (Å²) in [4.78, 5) is 14.4. The Morgan fingerprint density at radius 3 is 2.96 bits per heavy atom. The highest BCUT2D eigenvalue weighted by Gasteiger charge is 2.31. The molecule has 6 nitrogen and oxygen atoms in total. The van der Waals surface area contributed by atoms with Crippen molar-refractivity contribution in [2.24, 2.45) is 0 Å². The summed E-state index contributed by atoms with van der Waals surface area (Å²) in [5.41, 5.74) is 1.03. The molecule has 0 bridgehead atoms. The van der Waals surface area contributed by atoms with Crippen LogP contribution in [0, 0.1) is 6.92 Å². The number of urea groups is 1. The number of aryl methyl sites for hydroxylation is 1. The highest BCUT2D eigenvalue weighted by atomic mass is 16.5. The molecule has 1 fully saturated rings. The van der Waals surface area contributed by atoms with Crippen LogP contribution in [0.3, 0.4) is 0 Å². The van der Waals surface area contributed by atoms with E-state index in [1.807, 2.05) is 43.3 Å². The van der Waals surface area contributed by atoms with Gasteiger partial charge in [0.2, 0.25) is 0 Å². The molecule has 0 spiro atoms. The van der Waals surface area contributed by atoms with Gasteiger partial charge < -0.3 is 24.1 Å². The third-order valence-corrected chi connectivity index (χ3v) is 4.43. The quantitative estimate of drug-likeness (QED) is 0.921. The number of nitrogens with one attached hydrogen (secondary N) is 1. The lowest BCUT2D eigenvalue weighted by Crippen LogP contribution is -2.48. The van der Waals surface area contributed by atoms with Crippen LogP contribution < -0.4 is 10.1 Å². The van der Waals surface area contributed by atoms with Crippen molar-refractivity contribution < 1.29 is 18.7 Å². The van der Waals surface area contributed by atoms with Crippen molar-refractivity contribution in [1.82, 2.24) is 10.2 Å². The molecule has 0 saturated carbocycles. The highest BCUT2D eigenvalue weighted by Crippen LogP contribution is 2.32. The summed E-state index contributed by atoms with van der Waals surface area (Å²) in [5.74, 6) is 2.45. The number of carbonyl (C=O) groups is 1. The number of amides is 2. The van der Waals surface area contributed by atoms with Crippen molar-refractivity contribution in [2.75, 3.05) is 26.3 Å². The van der Waals surface area contributed by atoms with Gasteiger partial charge in [-0.2, -0.15) is 0 Å². The van der Waals surface area contributed by atoms with Gasteiger partial charge in [-0.15, -0.1) is 0 Å². The van der Waals surface area contributed by atoms with Gasteiger partial charge in [-0.1, -0.05) is 18.2 Å². The largest absolute Gasteiger partial charge is 0.491 e. The predicted octanol–water partition coefficient (Wildman–Crippen LogP) is 2.80. The Morgan fingerprint density at radius 1 is 1.25 bits per heavy atom. The van der Waals surface area contributed by atoms with Crippen LogP contribution in [0.5, 0.6) is 5.75 Å². The summed E-state index contributed by atoms with van der Waals surface area (Å²) < 4.78 is 17.0. The fraction of sp³-hybridized carbons (Fsp3) is 0.389. The van der Waals surface area contributed by atoms with Crippen molar-refractivity contribution in [2.45, 2.75) is 19.1 Å². The number of hydrogen-bond donors (Lipinski definition) is 1. The van der Waals surface area contributed by atoms with Crippen LogP contribution in [-0.2, 0) is 4.74 Å². The molecule has 24 heavy (non-hydrogen) atoms. The van der Waals surface area contributed by atoms with Crippen molar-refractivity contribution in [1.29, 1.82) is 0 Å². The topological polar surface area (TPSA) is 63.9 Å². The zero-order valence-electron chi connectivity index (χ0n) is 13.5. The van der Waals surface area contributed by atoms with Crippen LogP contribution in [-0.4, -0.2) is 37.2 Å². The maximum absolute atomic E-state index is 12.6. The first-order valence-corrected chi connectivity index (χ1v) is 8.16. The van der Waals surface area contributed by atoms with Gasteiger partial charge in [0.25, 0.3) is 0 Å². The van der Waals surface area contributed by atoms with Crippen LogP contribution in [0.4, 0.5) is 4.79 Å². The molecule has 1 saturated heterocycles. The minimum atomic E-state index is -0.217. The van der Waals surface area contributed by atoms with Crippen LogP contribution in [0.25, 0.3) is 0 Å². The number of para-hydroxylation sites is 1. The van der Waals surface area contributed by atoms with Crippen molar-refractivity contribution in [3.8, 4) is 5.75 Å². The molecule has 2 unspecified atom stereocenters. The standard InChI is InChI=1S/C18H20N2O4/c1-12-6-7-16(24-12)17-10-20(8-9-22-17)18(21)19-14-11-23-15-5-3-2-4-13(14)15/h2-7,14,17H,8-11H2,1H3,(H,19,21). The Balaban J connectivity index is 1.41. The fourth-order valence-electron chi connectivity index (χ4n) is 3.15. The third kappa shape index (κ3) is 2.85. The SMILES string of the molecule is Cc1ccc(C2CN(C(=O)NC3COc4ccccc43)CCO2)o1. The van der Waals surface area contributed by atoms with E-state index in [-0.39, 0.29) is 18.2 Å². The van der Waals surface area contributed by atoms with Gasteiger partial charge in [0, 0.05) is 12.1 Å². The number of benzene rings is 1. The highest BCUT2D eigenvalue weighted by molar-refractivity contribution is 5.75. The van der Waals surface area contributed by atoms with Crippen molar-refractivity contribution in [3.63, 3.8) is 0 Å². The smallest absolute Gasteiger partial charge is 0.318 e. The molecule has 0 aliphatic carbocycles. The molecule has 4 rings (SSSR count). The molecule has 1 aromatic carbocycles. The second-order valence-corrected chi connectivity index (χ2v) is 6.10. The molecule has 2 atom stereocenters. The predicted molar refractivity (Wildman–Crippen MR) is 86.9 cm³/mol. The van der Waals surface area contributed by atoms with Gasteiger partial charge >= 0.3 is 6.03 Å². The van der Waals surface area contributed by atoms with E-state index in [2.05, 4.69) is 5.32 Å². The van der Waals surface area contributed by atoms with Gasteiger partial charge in [0.1, 0.15) is 30.0 Å². The van der Waals surface area contributed by atoms with E-state index in [1.54, 1.807) is 4.90 Å². The molecule has 6 heteroatoms. The van der Waals surface area contributed by atoms with Crippen LogP contribution in [0.2, 0.25) is 0 Å². The second kappa shape index (κ2) is 6.20. The lowest BCUT2D eigenvalue weighted by Gasteiger charge is -2.32. The van der Waals surface area contributed by atoms with Crippen molar-refractivity contribution >= 4 is 6.03 Å². The van der Waals surface area contributed by atoms with Crippen molar-refractivity contribution in [3.05, 3.63) is 53.5 Å². The van der Waals surface area contributed by atoms with E-state index in [4.69, 9.17) is 13.9 Å². The lowest BCUT2D eigenvalue weighted by atomic mass is 10.1. The number of rotatable bonds is 2. The average Bonchev–Trinajstić information content (AvgIpc) is 3.22. The van der Waals surface area contributed by atoms with Crippen LogP contribution >= 0.6 is 0 Å². The zero-order valence-corrected chi connectivity index (χ0v) is 13.5. The molecule has 2 aromatic rings. The molecular weight excluding hydrogens is 308 g/mol. The number of hydrogen-bond acceptors (Lipinski definition) is 4. The van der Waals surface area contributed by atoms with E-state index in [1.165, 1.54) is 0 Å². The van der Waals surface area contributed by atoms with Gasteiger partial charge in [-0.25, -0.2) is 4.79 Å². The monoisotopic (exact) mass is 328 g/mol. The summed E-state index contributed by atoms with van der Waals surface area (Å²) in [5, 5.41) is 3.06. The molecule has 0 radical (unpaired) electrons. The molecular formula is C18H20N2O4. The number of ether oxygens (including phenoxy) is 2. The number of furan rings is 1. The first-order chi connectivity index (χ1) is 11.7. The number of nitrogens with zero attached hydrogens (tertiary/aromatic N) is 1. The van der Waals surface area contributed by atoms with Gasteiger partial charge in [-0.05, 0) is 25.1 Å². The van der Waals surface area contributed by atoms with Gasteiger partial charge in [0.05, 0.1) is 19.2 Å². The maximum atomic E-state index is 12.6. The Hall–Kier alpha value is -2.47. The molecule has 1 aromatic heterocycles. The Morgan fingerprint density at radius 2 is 2.12 bits per heavy atom. The third-order valence-electron chi connectivity index (χ3n) is 4.43. The van der Waals surface area contributed by atoms with Crippen LogP contribution in [0.1, 0.15) is 29.2 Å². The first kappa shape index (κ1) is 15.1. The van der Waals surface area contributed by atoms with E-state index >= 15 is 0 Å². The maximum Gasteiger partial charge on any atom is 0.318 e. The minimum absolute atomic E-state index is 0.100. The van der Waals surface area contributed by atoms with Gasteiger partial charge in [-0.3, -0.25) is 0 Å². The summed E-state index contributed by atoms with van der Waals surface area (Å²) in [7, 11) is 0. The molecule has 3 heterocycles. The number of carbonyl (C=O) groups excluding carboxylic acids is 1. The summed E-state index contributed by atoms with van der Waals surface area (Å²) in [6.45, 7) is 3.91. The molecule has 2 aliphatic heterocycles. The fourth-order valence-corrected chi connectivity index (χ4v) is 3.15. The minimum Gasteiger partial charge on any atom is -0.491 e. The average molecular weight is 328 g/mol. The molecule has 126 valence electrons. The van der Waals surface area contributed by atoms with E-state index in [9.17, 15) is 4.79 Å². The first-order valence-electron chi connectivity index (χ1n) is 8.16. The summed E-state index contributed by atoms with van der Waals surface area (Å²) in [6.07, 6.45) is -0.217. The van der Waals surface area contributed by atoms with E-state index < -0.39 is 0 Å². The summed E-state index contributed by atoms with van der Waals surface area (Å²) in [6, 6.07) is 11.4. The molecule has 2 amide bonds. The summed E-state index contributed by atoms with van der Waals surface area (Å²) >= 11 is 0. The Bertz CT molecular complexity index is 742. The van der Waals surface area contributed by atoms with E-state index in [0.717, 1.165) is 22.8 Å². The lowest BCUT2D eigenvalue weighted by molar-refractivity contribution is -0.0267. The number of morpholine rings is 1. The normalized spacial score (nSPS) is 22.8. The molecule has 2 aliphatic rings. The van der Waals surface area contributed by atoms with E-state index in [0.29, 0.717) is 26.3 Å². The Kier molecular flexibility index (Phi) is 3.90. The van der Waals surface area contributed by atoms with Gasteiger partial charge in [0.15, 0.2) is 0 Å².